The SMILES string of the molecule is CC(C)C(=O)NCCNc1cc(N2CCN(C)C(=O)C2)ncn1. The predicted octanol–water partition coefficient (Wildman–Crippen LogP) is -0.0609. The van der Waals surface area contributed by atoms with Crippen LogP contribution in [0.5, 0.6) is 0 Å². The van der Waals surface area contributed by atoms with E-state index in [1.807, 2.05) is 24.8 Å². The molecule has 1 aromatic rings. The topological polar surface area (TPSA) is 90.5 Å². The van der Waals surface area contributed by atoms with Crippen LogP contribution in [0.2, 0.25) is 0 Å². The number of piperazine rings is 1. The third-order valence-electron chi connectivity index (χ3n) is 3.69. The van der Waals surface area contributed by atoms with Crippen molar-refractivity contribution in [3.05, 3.63) is 12.4 Å². The van der Waals surface area contributed by atoms with Crippen LogP contribution < -0.4 is 15.5 Å². The number of carbonyl (C=O) groups is 2. The average Bonchev–Trinajstić information content (AvgIpc) is 2.54. The van der Waals surface area contributed by atoms with E-state index in [2.05, 4.69) is 20.6 Å². The maximum atomic E-state index is 11.8. The molecule has 0 unspecified atom stereocenters. The minimum Gasteiger partial charge on any atom is -0.368 e. The predicted molar refractivity (Wildman–Crippen MR) is 88.2 cm³/mol. The Bertz CT molecular complexity index is 563. The zero-order valence-electron chi connectivity index (χ0n) is 13.9. The summed E-state index contributed by atoms with van der Waals surface area (Å²) in [5.41, 5.74) is 0. The van der Waals surface area contributed by atoms with E-state index in [1.165, 1.54) is 6.33 Å². The Morgan fingerprint density at radius 2 is 2.09 bits per heavy atom. The molecule has 0 aliphatic carbocycles. The van der Waals surface area contributed by atoms with Gasteiger partial charge in [-0.2, -0.15) is 0 Å². The maximum absolute atomic E-state index is 11.8. The molecule has 0 radical (unpaired) electrons. The molecule has 2 heterocycles. The summed E-state index contributed by atoms with van der Waals surface area (Å²) < 4.78 is 0. The van der Waals surface area contributed by atoms with Crippen molar-refractivity contribution in [2.45, 2.75) is 13.8 Å². The minimum absolute atomic E-state index is 0.0181. The molecule has 1 saturated heterocycles. The Morgan fingerprint density at radius 1 is 1.30 bits per heavy atom. The quantitative estimate of drug-likeness (QED) is 0.714. The largest absolute Gasteiger partial charge is 0.368 e. The summed E-state index contributed by atoms with van der Waals surface area (Å²) in [5, 5.41) is 5.99. The molecule has 2 rings (SSSR count). The Kier molecular flexibility index (Phi) is 5.72. The number of nitrogens with one attached hydrogen (secondary N) is 2. The molecule has 2 amide bonds. The van der Waals surface area contributed by atoms with Gasteiger partial charge in [0.2, 0.25) is 11.8 Å². The molecule has 0 saturated carbocycles. The summed E-state index contributed by atoms with van der Waals surface area (Å²) in [5.74, 6) is 1.51. The lowest BCUT2D eigenvalue weighted by molar-refractivity contribution is -0.129. The van der Waals surface area contributed by atoms with Gasteiger partial charge in [-0.3, -0.25) is 9.59 Å². The van der Waals surface area contributed by atoms with Gasteiger partial charge >= 0.3 is 0 Å². The lowest BCUT2D eigenvalue weighted by Crippen LogP contribution is -2.48. The van der Waals surface area contributed by atoms with Crippen LogP contribution in [0.1, 0.15) is 13.8 Å². The molecule has 8 heteroatoms. The van der Waals surface area contributed by atoms with Crippen LogP contribution in [0.3, 0.4) is 0 Å². The molecule has 1 aliphatic heterocycles. The zero-order chi connectivity index (χ0) is 16.8. The Morgan fingerprint density at radius 3 is 2.78 bits per heavy atom. The number of rotatable bonds is 6. The van der Waals surface area contributed by atoms with E-state index < -0.39 is 0 Å². The maximum Gasteiger partial charge on any atom is 0.241 e. The standard InChI is InChI=1S/C15H24N6O2/c1-11(2)15(23)17-5-4-16-12-8-13(19-10-18-12)21-7-6-20(3)14(22)9-21/h8,10-11H,4-7,9H2,1-3H3,(H,17,23)(H,16,18,19). The number of amides is 2. The molecule has 2 N–H and O–H groups in total. The van der Waals surface area contributed by atoms with Crippen LogP contribution in [0, 0.1) is 5.92 Å². The van der Waals surface area contributed by atoms with Crippen LogP contribution in [0.15, 0.2) is 12.4 Å². The lowest BCUT2D eigenvalue weighted by Gasteiger charge is -2.32. The van der Waals surface area contributed by atoms with E-state index in [9.17, 15) is 9.59 Å². The summed E-state index contributed by atoms with van der Waals surface area (Å²) in [7, 11) is 1.80. The fourth-order valence-corrected chi connectivity index (χ4v) is 2.15. The highest BCUT2D eigenvalue weighted by molar-refractivity contribution is 5.82. The van der Waals surface area contributed by atoms with Crippen LogP contribution >= 0.6 is 0 Å². The summed E-state index contributed by atoms with van der Waals surface area (Å²) in [4.78, 5) is 35.3. The molecule has 23 heavy (non-hydrogen) atoms. The van der Waals surface area contributed by atoms with Crippen LogP contribution in [-0.2, 0) is 9.59 Å². The van der Waals surface area contributed by atoms with E-state index in [-0.39, 0.29) is 17.7 Å². The molecular formula is C15H24N6O2. The number of hydrogen-bond acceptors (Lipinski definition) is 6. The molecule has 0 spiro atoms. The van der Waals surface area contributed by atoms with Crippen molar-refractivity contribution in [1.82, 2.24) is 20.2 Å². The van der Waals surface area contributed by atoms with Gasteiger partial charge in [0.25, 0.3) is 0 Å². The second-order valence-corrected chi connectivity index (χ2v) is 5.87. The molecule has 8 nitrogen and oxygen atoms in total. The molecular weight excluding hydrogens is 296 g/mol. The van der Waals surface area contributed by atoms with Gasteiger partial charge in [-0.1, -0.05) is 13.8 Å². The van der Waals surface area contributed by atoms with Gasteiger partial charge < -0.3 is 20.4 Å². The molecule has 1 aliphatic rings. The Hall–Kier alpha value is -2.38. The highest BCUT2D eigenvalue weighted by atomic mass is 16.2. The Balaban J connectivity index is 1.85. The second kappa shape index (κ2) is 7.75. The average molecular weight is 320 g/mol. The molecule has 1 fully saturated rings. The zero-order valence-corrected chi connectivity index (χ0v) is 13.9. The smallest absolute Gasteiger partial charge is 0.241 e. The second-order valence-electron chi connectivity index (χ2n) is 5.87. The van der Waals surface area contributed by atoms with E-state index in [0.717, 1.165) is 12.4 Å². The summed E-state index contributed by atoms with van der Waals surface area (Å²) in [6.07, 6.45) is 1.48. The summed E-state index contributed by atoms with van der Waals surface area (Å²) in [6.45, 7) is 6.60. The molecule has 1 aromatic heterocycles. The fourth-order valence-electron chi connectivity index (χ4n) is 2.15. The highest BCUT2D eigenvalue weighted by Gasteiger charge is 2.22. The van der Waals surface area contributed by atoms with Gasteiger partial charge in [-0.15, -0.1) is 0 Å². The fraction of sp³-hybridized carbons (Fsp3) is 0.600. The van der Waals surface area contributed by atoms with E-state index >= 15 is 0 Å². The number of aromatic nitrogens is 2. The summed E-state index contributed by atoms with van der Waals surface area (Å²) in [6, 6.07) is 1.82. The first kappa shape index (κ1) is 17.0. The molecule has 0 aromatic carbocycles. The minimum atomic E-state index is -0.0181. The van der Waals surface area contributed by atoms with Gasteiger partial charge in [0.15, 0.2) is 0 Å². The third-order valence-corrected chi connectivity index (χ3v) is 3.69. The number of carbonyl (C=O) groups excluding carboxylic acids is 2. The van der Waals surface area contributed by atoms with Gasteiger partial charge in [0, 0.05) is 45.2 Å². The lowest BCUT2D eigenvalue weighted by atomic mass is 10.2. The monoisotopic (exact) mass is 320 g/mol. The van der Waals surface area contributed by atoms with Crippen molar-refractivity contribution < 1.29 is 9.59 Å². The number of hydrogen-bond donors (Lipinski definition) is 2. The molecule has 126 valence electrons. The number of anilines is 2. The van der Waals surface area contributed by atoms with Gasteiger partial charge in [0.1, 0.15) is 18.0 Å². The van der Waals surface area contributed by atoms with Gasteiger partial charge in [0.05, 0.1) is 6.54 Å². The van der Waals surface area contributed by atoms with Crippen molar-refractivity contribution in [2.24, 2.45) is 5.92 Å². The van der Waals surface area contributed by atoms with Crippen LogP contribution in [0.25, 0.3) is 0 Å². The normalized spacial score (nSPS) is 15.0. The number of likely N-dealkylation sites (N-methyl/N-ethyl adjacent to an activating group) is 1. The first-order chi connectivity index (χ1) is 11.0. The first-order valence-electron chi connectivity index (χ1n) is 7.80. The Labute approximate surface area is 136 Å². The van der Waals surface area contributed by atoms with Crippen molar-refractivity contribution in [3.8, 4) is 0 Å². The van der Waals surface area contributed by atoms with E-state index in [0.29, 0.717) is 32.0 Å². The van der Waals surface area contributed by atoms with E-state index in [1.54, 1.807) is 11.9 Å². The number of nitrogens with zero attached hydrogens (tertiary/aromatic N) is 4. The van der Waals surface area contributed by atoms with Crippen molar-refractivity contribution in [2.75, 3.05) is 50.0 Å². The molecule has 0 atom stereocenters. The van der Waals surface area contributed by atoms with Gasteiger partial charge in [-0.05, 0) is 0 Å². The van der Waals surface area contributed by atoms with Crippen molar-refractivity contribution in [1.29, 1.82) is 0 Å². The third kappa shape index (κ3) is 4.80. The van der Waals surface area contributed by atoms with Crippen molar-refractivity contribution in [3.63, 3.8) is 0 Å². The molecule has 0 bridgehead atoms. The van der Waals surface area contributed by atoms with Crippen LogP contribution in [-0.4, -0.2) is 66.5 Å². The van der Waals surface area contributed by atoms with Crippen molar-refractivity contribution >= 4 is 23.5 Å². The first-order valence-corrected chi connectivity index (χ1v) is 7.80. The van der Waals surface area contributed by atoms with Crippen LogP contribution in [0.4, 0.5) is 11.6 Å². The van der Waals surface area contributed by atoms with E-state index in [4.69, 9.17) is 0 Å². The highest BCUT2D eigenvalue weighted by Crippen LogP contribution is 2.16. The summed E-state index contributed by atoms with van der Waals surface area (Å²) >= 11 is 0. The van der Waals surface area contributed by atoms with Gasteiger partial charge in [-0.25, -0.2) is 9.97 Å².